The van der Waals surface area contributed by atoms with Crippen LogP contribution in [0.3, 0.4) is 0 Å². The van der Waals surface area contributed by atoms with Gasteiger partial charge in [0.1, 0.15) is 5.75 Å². The molecule has 2 heteroatoms. The van der Waals surface area contributed by atoms with Crippen molar-refractivity contribution in [3.8, 4) is 5.75 Å². The molecule has 0 saturated carbocycles. The Kier molecular flexibility index (Phi) is 3.20. The number of nitrogen functional groups attached to an aromatic ring is 1. The summed E-state index contributed by atoms with van der Waals surface area (Å²) in [7, 11) is 0. The van der Waals surface area contributed by atoms with Gasteiger partial charge in [-0.3, -0.25) is 0 Å². The molecule has 1 rings (SSSR count). The molecule has 0 unspecified atom stereocenters. The molecule has 0 aliphatic carbocycles. The van der Waals surface area contributed by atoms with E-state index in [1.165, 1.54) is 0 Å². The molecule has 0 aliphatic rings. The van der Waals surface area contributed by atoms with Gasteiger partial charge >= 0.3 is 0 Å². The largest absolute Gasteiger partial charge is 0.493 e. The van der Waals surface area contributed by atoms with E-state index in [1.54, 1.807) is 0 Å². The molecule has 0 aromatic heterocycles. The van der Waals surface area contributed by atoms with Gasteiger partial charge in [-0.1, -0.05) is 12.1 Å². The Bertz CT molecular complexity index is 258. The molecule has 0 radical (unpaired) electrons. The Hall–Kier alpha value is -1.44. The van der Waals surface area contributed by atoms with E-state index in [0.717, 1.165) is 17.9 Å². The number of ether oxygens (including phenoxy) is 1. The Morgan fingerprint density at radius 3 is 3.00 bits per heavy atom. The summed E-state index contributed by atoms with van der Waals surface area (Å²) in [6.45, 7) is 4.26. The Labute approximate surface area is 72.7 Å². The van der Waals surface area contributed by atoms with Crippen molar-refractivity contribution in [3.05, 3.63) is 36.9 Å². The molecule has 0 atom stereocenters. The second-order valence-electron chi connectivity index (χ2n) is 2.50. The third-order valence-corrected chi connectivity index (χ3v) is 1.45. The van der Waals surface area contributed by atoms with Crippen LogP contribution in [-0.2, 0) is 0 Å². The summed E-state index contributed by atoms with van der Waals surface area (Å²) < 4.78 is 5.38. The van der Waals surface area contributed by atoms with Gasteiger partial charge in [-0.05, 0) is 18.6 Å². The fraction of sp³-hybridized carbons (Fsp3) is 0.200. The zero-order valence-corrected chi connectivity index (χ0v) is 6.99. The van der Waals surface area contributed by atoms with Crippen molar-refractivity contribution in [2.45, 2.75) is 6.42 Å². The molecule has 0 amide bonds. The van der Waals surface area contributed by atoms with Gasteiger partial charge in [0.05, 0.1) is 6.61 Å². The summed E-state index contributed by atoms with van der Waals surface area (Å²) in [5.74, 6) is 0.817. The lowest BCUT2D eigenvalue weighted by Gasteiger charge is -2.04. The number of nitrogens with two attached hydrogens (primary N) is 1. The minimum atomic E-state index is 0.660. The van der Waals surface area contributed by atoms with Crippen molar-refractivity contribution in [2.75, 3.05) is 12.3 Å². The number of benzene rings is 1. The van der Waals surface area contributed by atoms with Gasteiger partial charge in [0.2, 0.25) is 0 Å². The highest BCUT2D eigenvalue weighted by atomic mass is 16.5. The van der Waals surface area contributed by atoms with Crippen molar-refractivity contribution in [1.82, 2.24) is 0 Å². The summed E-state index contributed by atoms with van der Waals surface area (Å²) in [6.07, 6.45) is 2.68. The number of anilines is 1. The first kappa shape index (κ1) is 8.65. The summed E-state index contributed by atoms with van der Waals surface area (Å²) in [6, 6.07) is 7.40. The zero-order chi connectivity index (χ0) is 8.81. The highest BCUT2D eigenvalue weighted by Gasteiger charge is 1.91. The van der Waals surface area contributed by atoms with Gasteiger partial charge < -0.3 is 10.5 Å². The van der Waals surface area contributed by atoms with E-state index in [9.17, 15) is 0 Å². The maximum absolute atomic E-state index is 5.56. The molecule has 0 fully saturated rings. The van der Waals surface area contributed by atoms with E-state index in [4.69, 9.17) is 10.5 Å². The molecule has 64 valence electrons. The Morgan fingerprint density at radius 1 is 1.50 bits per heavy atom. The normalized spacial score (nSPS) is 9.33. The highest BCUT2D eigenvalue weighted by Crippen LogP contribution is 2.14. The predicted molar refractivity (Wildman–Crippen MR) is 51.2 cm³/mol. The first-order valence-corrected chi connectivity index (χ1v) is 3.92. The summed E-state index contributed by atoms with van der Waals surface area (Å²) >= 11 is 0. The van der Waals surface area contributed by atoms with Crippen LogP contribution in [0.5, 0.6) is 5.75 Å². The van der Waals surface area contributed by atoms with Crippen LogP contribution in [0.1, 0.15) is 6.42 Å². The van der Waals surface area contributed by atoms with Crippen LogP contribution in [0.25, 0.3) is 0 Å². The maximum atomic E-state index is 5.56. The standard InChI is InChI=1S/C10H13NO/c1-2-3-7-12-10-6-4-5-9(11)8-10/h2,4-6,8H,1,3,7,11H2. The third-order valence-electron chi connectivity index (χ3n) is 1.45. The van der Waals surface area contributed by atoms with Crippen LogP contribution >= 0.6 is 0 Å². The van der Waals surface area contributed by atoms with Crippen LogP contribution in [0, 0.1) is 0 Å². The van der Waals surface area contributed by atoms with E-state index in [1.807, 2.05) is 30.3 Å². The molecular formula is C10H13NO. The van der Waals surface area contributed by atoms with Gasteiger partial charge in [-0.2, -0.15) is 0 Å². The lowest BCUT2D eigenvalue weighted by atomic mass is 10.3. The molecule has 0 bridgehead atoms. The Balaban J connectivity index is 2.46. The monoisotopic (exact) mass is 163 g/mol. The van der Waals surface area contributed by atoms with E-state index >= 15 is 0 Å². The van der Waals surface area contributed by atoms with E-state index < -0.39 is 0 Å². The molecule has 0 heterocycles. The van der Waals surface area contributed by atoms with Gasteiger partial charge in [-0.25, -0.2) is 0 Å². The van der Waals surface area contributed by atoms with Crippen molar-refractivity contribution < 1.29 is 4.74 Å². The molecular weight excluding hydrogens is 150 g/mol. The van der Waals surface area contributed by atoms with Crippen molar-refractivity contribution in [1.29, 1.82) is 0 Å². The van der Waals surface area contributed by atoms with Crippen molar-refractivity contribution in [3.63, 3.8) is 0 Å². The lowest BCUT2D eigenvalue weighted by Crippen LogP contribution is -1.95. The van der Waals surface area contributed by atoms with Gasteiger partial charge in [0, 0.05) is 11.8 Å². The fourth-order valence-electron chi connectivity index (χ4n) is 0.864. The highest BCUT2D eigenvalue weighted by molar-refractivity contribution is 5.43. The average Bonchev–Trinajstić information content (AvgIpc) is 2.05. The maximum Gasteiger partial charge on any atom is 0.121 e. The van der Waals surface area contributed by atoms with Crippen LogP contribution in [0.4, 0.5) is 5.69 Å². The fourth-order valence-corrected chi connectivity index (χ4v) is 0.864. The number of hydrogen-bond acceptors (Lipinski definition) is 2. The van der Waals surface area contributed by atoms with Crippen molar-refractivity contribution in [2.24, 2.45) is 0 Å². The topological polar surface area (TPSA) is 35.2 Å². The van der Waals surface area contributed by atoms with Gasteiger partial charge in [0.25, 0.3) is 0 Å². The molecule has 0 aliphatic heterocycles. The number of rotatable bonds is 4. The Morgan fingerprint density at radius 2 is 2.33 bits per heavy atom. The summed E-state index contributed by atoms with van der Waals surface area (Å²) in [5.41, 5.74) is 6.29. The second kappa shape index (κ2) is 4.44. The summed E-state index contributed by atoms with van der Waals surface area (Å²) in [4.78, 5) is 0. The predicted octanol–water partition coefficient (Wildman–Crippen LogP) is 2.22. The lowest BCUT2D eigenvalue weighted by molar-refractivity contribution is 0.325. The molecule has 12 heavy (non-hydrogen) atoms. The van der Waals surface area contributed by atoms with Gasteiger partial charge in [-0.15, -0.1) is 6.58 Å². The molecule has 1 aromatic carbocycles. The first-order valence-electron chi connectivity index (χ1n) is 3.92. The molecule has 0 spiro atoms. The molecule has 0 saturated heterocycles. The minimum absolute atomic E-state index is 0.660. The SMILES string of the molecule is C=CCCOc1cccc(N)c1. The first-order chi connectivity index (χ1) is 5.83. The second-order valence-corrected chi connectivity index (χ2v) is 2.50. The van der Waals surface area contributed by atoms with Gasteiger partial charge in [0.15, 0.2) is 0 Å². The number of hydrogen-bond donors (Lipinski definition) is 1. The van der Waals surface area contributed by atoms with Crippen LogP contribution < -0.4 is 10.5 Å². The van der Waals surface area contributed by atoms with Crippen LogP contribution in [-0.4, -0.2) is 6.61 Å². The van der Waals surface area contributed by atoms with E-state index in [-0.39, 0.29) is 0 Å². The average molecular weight is 163 g/mol. The summed E-state index contributed by atoms with van der Waals surface area (Å²) in [5, 5.41) is 0. The molecule has 1 aromatic rings. The van der Waals surface area contributed by atoms with E-state index in [0.29, 0.717) is 6.61 Å². The molecule has 2 N–H and O–H groups in total. The molecule has 2 nitrogen and oxygen atoms in total. The quantitative estimate of drug-likeness (QED) is 0.419. The zero-order valence-electron chi connectivity index (χ0n) is 6.99. The van der Waals surface area contributed by atoms with Crippen LogP contribution in [0.2, 0.25) is 0 Å². The smallest absolute Gasteiger partial charge is 0.121 e. The minimum Gasteiger partial charge on any atom is -0.493 e. The van der Waals surface area contributed by atoms with Crippen molar-refractivity contribution >= 4 is 5.69 Å². The third kappa shape index (κ3) is 2.66. The van der Waals surface area contributed by atoms with Crippen LogP contribution in [0.15, 0.2) is 36.9 Å². The van der Waals surface area contributed by atoms with E-state index in [2.05, 4.69) is 6.58 Å².